The van der Waals surface area contributed by atoms with Crippen molar-refractivity contribution in [3.63, 3.8) is 0 Å². The van der Waals surface area contributed by atoms with Gasteiger partial charge in [0.1, 0.15) is 23.8 Å². The Labute approximate surface area is 261 Å². The standard InChI is InChI=1S/C32H43N5O6S/c1-8-11-22(9-2)19-29-33-21(4)30-32(38)34-31(35-36(29)30)25-20-24(13-15-26(25)43-10-3)37(5,44(39)40)17-16-23-12-14-27(41-6)28(18-23)42-7/h12-15,18,20,22H,8-11,16-17,19H2,1-7H3,(H-,34,35,38,39,40)/p+1. The third-order valence-electron chi connectivity index (χ3n) is 8.17. The minimum Gasteiger partial charge on any atom is -0.493 e. The van der Waals surface area contributed by atoms with Gasteiger partial charge < -0.3 is 19.2 Å². The van der Waals surface area contributed by atoms with Crippen molar-refractivity contribution < 1.29 is 23.0 Å². The van der Waals surface area contributed by atoms with E-state index in [2.05, 4.69) is 18.8 Å². The number of benzene rings is 2. The fourth-order valence-electron chi connectivity index (χ4n) is 5.56. The molecule has 0 bridgehead atoms. The summed E-state index contributed by atoms with van der Waals surface area (Å²) in [6.45, 7) is 8.72. The molecule has 2 heterocycles. The van der Waals surface area contributed by atoms with Gasteiger partial charge in [0, 0.05) is 25.0 Å². The topological polar surface area (TPSA) is 128 Å². The molecule has 0 fully saturated rings. The predicted molar refractivity (Wildman–Crippen MR) is 174 cm³/mol. The summed E-state index contributed by atoms with van der Waals surface area (Å²) in [4.78, 5) is 21.0. The quantitative estimate of drug-likeness (QED) is 0.131. The molecule has 3 atom stereocenters. The van der Waals surface area contributed by atoms with Gasteiger partial charge in [0.25, 0.3) is 5.56 Å². The van der Waals surface area contributed by atoms with Gasteiger partial charge >= 0.3 is 11.3 Å². The second-order valence-corrected chi connectivity index (χ2v) is 12.3. The summed E-state index contributed by atoms with van der Waals surface area (Å²) in [5.41, 5.74) is 2.73. The van der Waals surface area contributed by atoms with Crippen LogP contribution in [-0.2, 0) is 24.1 Å². The van der Waals surface area contributed by atoms with Crippen LogP contribution >= 0.6 is 0 Å². The van der Waals surface area contributed by atoms with Crippen LogP contribution in [0.5, 0.6) is 17.2 Å². The van der Waals surface area contributed by atoms with E-state index in [0.717, 1.165) is 30.7 Å². The molecule has 2 aromatic heterocycles. The van der Waals surface area contributed by atoms with Crippen molar-refractivity contribution >= 4 is 22.5 Å². The SMILES string of the molecule is CCCC(CC)Cc1nc(C)c2c(=O)[nH]c(-c3cc([N+](C)(CCc4ccc(OC)c(OC)c4)S(=O)O)ccc3OCC)nn12. The zero-order valence-electron chi connectivity index (χ0n) is 26.7. The van der Waals surface area contributed by atoms with Gasteiger partial charge in [0.2, 0.25) is 0 Å². The van der Waals surface area contributed by atoms with Crippen molar-refractivity contribution in [2.75, 3.05) is 34.4 Å². The van der Waals surface area contributed by atoms with E-state index in [0.29, 0.717) is 77.4 Å². The van der Waals surface area contributed by atoms with Crippen molar-refractivity contribution in [1.29, 1.82) is 0 Å². The van der Waals surface area contributed by atoms with Gasteiger partial charge in [0.05, 0.1) is 39.1 Å². The minimum absolute atomic E-state index is 0.296. The Balaban J connectivity index is 1.79. The van der Waals surface area contributed by atoms with Crippen LogP contribution in [0.1, 0.15) is 57.1 Å². The summed E-state index contributed by atoms with van der Waals surface area (Å²) < 4.78 is 41.6. The number of rotatable bonds is 15. The lowest BCUT2D eigenvalue weighted by atomic mass is 9.97. The van der Waals surface area contributed by atoms with Crippen LogP contribution in [0.25, 0.3) is 16.9 Å². The maximum Gasteiger partial charge on any atom is 0.363 e. The first kappa shape index (κ1) is 33.2. The summed E-state index contributed by atoms with van der Waals surface area (Å²) in [7, 11) is 4.85. The molecule has 0 radical (unpaired) electrons. The second-order valence-electron chi connectivity index (χ2n) is 11.1. The number of imidazole rings is 1. The highest BCUT2D eigenvalue weighted by atomic mass is 32.2. The molecule has 4 aromatic rings. The molecular weight excluding hydrogens is 582 g/mol. The molecule has 0 aliphatic heterocycles. The van der Waals surface area contributed by atoms with Gasteiger partial charge in [-0.05, 0) is 43.5 Å². The molecule has 3 unspecified atom stereocenters. The number of aromatic amines is 1. The Morgan fingerprint density at radius 2 is 1.80 bits per heavy atom. The number of aromatic nitrogens is 4. The molecule has 0 saturated carbocycles. The van der Waals surface area contributed by atoms with E-state index in [-0.39, 0.29) is 9.45 Å². The summed E-state index contributed by atoms with van der Waals surface area (Å²) in [5.74, 6) is 3.18. The molecule has 4 rings (SSSR count). The van der Waals surface area contributed by atoms with E-state index in [1.165, 1.54) is 0 Å². The number of ether oxygens (including phenoxy) is 3. The van der Waals surface area contributed by atoms with Crippen LogP contribution in [0.4, 0.5) is 5.69 Å². The van der Waals surface area contributed by atoms with Crippen molar-refractivity contribution in [2.45, 2.75) is 59.8 Å². The predicted octanol–water partition coefficient (Wildman–Crippen LogP) is 5.49. The minimum atomic E-state index is -2.29. The maximum atomic E-state index is 13.4. The highest BCUT2D eigenvalue weighted by molar-refractivity contribution is 7.78. The third-order valence-corrected chi connectivity index (χ3v) is 9.26. The van der Waals surface area contributed by atoms with Gasteiger partial charge in [-0.25, -0.2) is 9.50 Å². The molecule has 238 valence electrons. The van der Waals surface area contributed by atoms with E-state index < -0.39 is 11.3 Å². The fourth-order valence-corrected chi connectivity index (χ4v) is 6.10. The molecule has 0 saturated heterocycles. The third kappa shape index (κ3) is 6.82. The highest BCUT2D eigenvalue weighted by Crippen LogP contribution is 2.35. The molecular formula is C32H44N5O6S+. The van der Waals surface area contributed by atoms with Gasteiger partial charge in [-0.3, -0.25) is 9.35 Å². The first-order chi connectivity index (χ1) is 21.1. The Morgan fingerprint density at radius 3 is 2.43 bits per heavy atom. The van der Waals surface area contributed by atoms with Crippen molar-refractivity contribution in [1.82, 2.24) is 23.5 Å². The molecule has 2 N–H and O–H groups in total. The number of nitrogens with zero attached hydrogens (tertiary/aromatic N) is 4. The zero-order chi connectivity index (χ0) is 32.0. The fraction of sp³-hybridized carbons (Fsp3) is 0.469. The van der Waals surface area contributed by atoms with E-state index in [4.69, 9.17) is 24.3 Å². The molecule has 11 nitrogen and oxygen atoms in total. The Bertz CT molecular complexity index is 1690. The summed E-state index contributed by atoms with van der Waals surface area (Å²) in [5, 5.41) is 4.86. The lowest BCUT2D eigenvalue weighted by Gasteiger charge is -2.29. The number of hydrogen-bond donors (Lipinski definition) is 2. The molecule has 44 heavy (non-hydrogen) atoms. The lowest BCUT2D eigenvalue weighted by Crippen LogP contribution is -2.48. The van der Waals surface area contributed by atoms with Crippen LogP contribution in [0.2, 0.25) is 0 Å². The summed E-state index contributed by atoms with van der Waals surface area (Å²) in [6.07, 6.45) is 4.34. The molecule has 0 spiro atoms. The van der Waals surface area contributed by atoms with E-state index >= 15 is 0 Å². The smallest absolute Gasteiger partial charge is 0.363 e. The molecule has 12 heteroatoms. The van der Waals surface area contributed by atoms with Gasteiger partial charge in [-0.15, -0.1) is 5.10 Å². The number of likely N-dealkylation sites (N-methyl/N-ethyl adjacent to an activating group) is 1. The first-order valence-corrected chi connectivity index (χ1v) is 16.1. The summed E-state index contributed by atoms with van der Waals surface area (Å²) in [6, 6.07) is 10.9. The second kappa shape index (κ2) is 14.4. The maximum absolute atomic E-state index is 13.4. The average Bonchev–Trinajstić information content (AvgIpc) is 3.34. The summed E-state index contributed by atoms with van der Waals surface area (Å²) >= 11 is -2.29. The molecule has 0 amide bonds. The van der Waals surface area contributed by atoms with E-state index in [9.17, 15) is 13.6 Å². The van der Waals surface area contributed by atoms with Crippen LogP contribution in [0.3, 0.4) is 0 Å². The van der Waals surface area contributed by atoms with Crippen molar-refractivity contribution in [3.05, 3.63) is 63.8 Å². The van der Waals surface area contributed by atoms with Crippen molar-refractivity contribution in [2.24, 2.45) is 5.92 Å². The monoisotopic (exact) mass is 626 g/mol. The van der Waals surface area contributed by atoms with Crippen LogP contribution in [-0.4, -0.2) is 62.8 Å². The van der Waals surface area contributed by atoms with Gasteiger partial charge in [0.15, 0.2) is 22.8 Å². The number of aryl methyl sites for hydroxylation is 1. The Morgan fingerprint density at radius 1 is 1.07 bits per heavy atom. The van der Waals surface area contributed by atoms with Crippen LogP contribution in [0.15, 0.2) is 41.2 Å². The number of methoxy groups -OCH3 is 2. The van der Waals surface area contributed by atoms with E-state index in [1.54, 1.807) is 44.0 Å². The number of quaternary nitrogens is 1. The normalized spacial score (nSPS) is 14.3. The molecule has 2 aromatic carbocycles. The lowest BCUT2D eigenvalue weighted by molar-refractivity contribution is 0.341. The van der Waals surface area contributed by atoms with Crippen LogP contribution < -0.4 is 23.7 Å². The van der Waals surface area contributed by atoms with Crippen LogP contribution in [0, 0.1) is 12.8 Å². The highest BCUT2D eigenvalue weighted by Gasteiger charge is 2.34. The van der Waals surface area contributed by atoms with E-state index in [1.807, 2.05) is 32.0 Å². The van der Waals surface area contributed by atoms with Crippen molar-refractivity contribution in [3.8, 4) is 28.6 Å². The number of hydrogen-bond acceptors (Lipinski definition) is 7. The van der Waals surface area contributed by atoms with Gasteiger partial charge in [-0.1, -0.05) is 39.2 Å². The Kier molecular flexibility index (Phi) is 10.8. The zero-order valence-corrected chi connectivity index (χ0v) is 27.5. The van der Waals surface area contributed by atoms with Gasteiger partial charge in [-0.2, -0.15) is 8.10 Å². The molecule has 0 aliphatic carbocycles. The number of fused-ring (bicyclic) bond motifs is 1. The number of H-pyrrole nitrogens is 1. The Hall–Kier alpha value is -3.74. The average molecular weight is 627 g/mol. The first-order valence-electron chi connectivity index (χ1n) is 15.0. The largest absolute Gasteiger partial charge is 0.493 e. The number of nitrogens with one attached hydrogen (secondary N) is 1. The molecule has 0 aliphatic rings.